The Labute approximate surface area is 94.1 Å². The van der Waals surface area contributed by atoms with Crippen molar-refractivity contribution in [2.75, 3.05) is 6.54 Å². The van der Waals surface area contributed by atoms with Gasteiger partial charge in [-0.25, -0.2) is 0 Å². The highest BCUT2D eigenvalue weighted by Gasteiger charge is 2.06. The summed E-state index contributed by atoms with van der Waals surface area (Å²) >= 11 is 5.81. The Bertz CT molecular complexity index is 339. The third-order valence-corrected chi connectivity index (χ3v) is 2.22. The van der Waals surface area contributed by atoms with E-state index >= 15 is 0 Å². The van der Waals surface area contributed by atoms with Crippen molar-refractivity contribution in [3.05, 3.63) is 34.9 Å². The lowest BCUT2D eigenvalue weighted by molar-refractivity contribution is -0.128. The summed E-state index contributed by atoms with van der Waals surface area (Å²) < 4.78 is 0. The summed E-state index contributed by atoms with van der Waals surface area (Å²) in [6, 6.07) is 7.48. The SMILES string of the molecule is CC(O)C(=O)NCCc1cccc(Cl)c1. The molecule has 0 fully saturated rings. The zero-order chi connectivity index (χ0) is 11.3. The van der Waals surface area contributed by atoms with Crippen LogP contribution < -0.4 is 5.32 Å². The van der Waals surface area contributed by atoms with Crippen molar-refractivity contribution in [2.45, 2.75) is 19.4 Å². The van der Waals surface area contributed by atoms with E-state index in [1.807, 2.05) is 18.2 Å². The molecule has 0 saturated heterocycles. The summed E-state index contributed by atoms with van der Waals surface area (Å²) in [5.41, 5.74) is 1.06. The molecule has 0 aliphatic carbocycles. The Kier molecular flexibility index (Phi) is 4.59. The molecule has 3 nitrogen and oxygen atoms in total. The second-order valence-electron chi connectivity index (χ2n) is 3.35. The van der Waals surface area contributed by atoms with Gasteiger partial charge in [0.05, 0.1) is 0 Å². The lowest BCUT2D eigenvalue weighted by atomic mass is 10.1. The molecule has 0 saturated carbocycles. The molecule has 1 atom stereocenters. The van der Waals surface area contributed by atoms with Crippen LogP contribution in [0.25, 0.3) is 0 Å². The molecule has 82 valence electrons. The Balaban J connectivity index is 2.35. The third-order valence-electron chi connectivity index (χ3n) is 1.98. The van der Waals surface area contributed by atoms with Crippen LogP contribution in [-0.2, 0) is 11.2 Å². The molecule has 1 amide bonds. The van der Waals surface area contributed by atoms with E-state index in [0.717, 1.165) is 5.56 Å². The number of nitrogens with one attached hydrogen (secondary N) is 1. The maximum atomic E-state index is 11.0. The van der Waals surface area contributed by atoms with Crippen LogP contribution in [0.1, 0.15) is 12.5 Å². The number of rotatable bonds is 4. The summed E-state index contributed by atoms with van der Waals surface area (Å²) in [5.74, 6) is -0.350. The van der Waals surface area contributed by atoms with E-state index in [1.165, 1.54) is 6.92 Å². The number of hydrogen-bond donors (Lipinski definition) is 2. The molecular formula is C11H14ClNO2. The summed E-state index contributed by atoms with van der Waals surface area (Å²) in [4.78, 5) is 11.0. The van der Waals surface area contributed by atoms with Gasteiger partial charge in [0.25, 0.3) is 0 Å². The van der Waals surface area contributed by atoms with Crippen LogP contribution in [-0.4, -0.2) is 23.7 Å². The van der Waals surface area contributed by atoms with E-state index in [-0.39, 0.29) is 5.91 Å². The van der Waals surface area contributed by atoms with Gasteiger partial charge < -0.3 is 10.4 Å². The fourth-order valence-electron chi connectivity index (χ4n) is 1.17. The Hall–Kier alpha value is -1.06. The molecule has 0 spiro atoms. The van der Waals surface area contributed by atoms with E-state index in [1.54, 1.807) is 6.07 Å². The second-order valence-corrected chi connectivity index (χ2v) is 3.78. The first kappa shape index (κ1) is 12.0. The van der Waals surface area contributed by atoms with Crippen LogP contribution in [0.15, 0.2) is 24.3 Å². The maximum absolute atomic E-state index is 11.0. The molecule has 1 aromatic rings. The number of amides is 1. The van der Waals surface area contributed by atoms with Crippen LogP contribution in [0, 0.1) is 0 Å². The third kappa shape index (κ3) is 4.32. The summed E-state index contributed by atoms with van der Waals surface area (Å²) in [5, 5.41) is 12.2. The predicted octanol–water partition coefficient (Wildman–Crippen LogP) is 1.38. The quantitative estimate of drug-likeness (QED) is 0.817. The number of aliphatic hydroxyl groups excluding tert-OH is 1. The van der Waals surface area contributed by atoms with Crippen molar-refractivity contribution >= 4 is 17.5 Å². The average Bonchev–Trinajstić information content (AvgIpc) is 2.17. The van der Waals surface area contributed by atoms with Gasteiger partial charge in [-0.05, 0) is 31.0 Å². The Morgan fingerprint density at radius 3 is 2.93 bits per heavy atom. The minimum Gasteiger partial charge on any atom is -0.384 e. The summed E-state index contributed by atoms with van der Waals surface area (Å²) in [6.07, 6.45) is -0.247. The number of aliphatic hydroxyl groups is 1. The molecule has 0 aromatic heterocycles. The predicted molar refractivity (Wildman–Crippen MR) is 59.8 cm³/mol. The fraction of sp³-hybridized carbons (Fsp3) is 0.364. The number of hydrogen-bond acceptors (Lipinski definition) is 2. The van der Waals surface area contributed by atoms with E-state index in [9.17, 15) is 4.79 Å². The molecule has 0 heterocycles. The smallest absolute Gasteiger partial charge is 0.248 e. The van der Waals surface area contributed by atoms with Crippen LogP contribution >= 0.6 is 11.6 Å². The normalized spacial score (nSPS) is 12.2. The van der Waals surface area contributed by atoms with Crippen molar-refractivity contribution in [3.63, 3.8) is 0 Å². The molecule has 0 aliphatic rings. The van der Waals surface area contributed by atoms with Crippen LogP contribution in [0.3, 0.4) is 0 Å². The van der Waals surface area contributed by atoms with Gasteiger partial charge in [0, 0.05) is 11.6 Å². The highest BCUT2D eigenvalue weighted by molar-refractivity contribution is 6.30. The first-order chi connectivity index (χ1) is 7.09. The van der Waals surface area contributed by atoms with Crippen molar-refractivity contribution < 1.29 is 9.90 Å². The molecule has 4 heteroatoms. The fourth-order valence-corrected chi connectivity index (χ4v) is 1.38. The van der Waals surface area contributed by atoms with E-state index in [2.05, 4.69) is 5.32 Å². The summed E-state index contributed by atoms with van der Waals surface area (Å²) in [6.45, 7) is 1.94. The van der Waals surface area contributed by atoms with Crippen LogP contribution in [0.4, 0.5) is 0 Å². The first-order valence-electron chi connectivity index (χ1n) is 4.80. The van der Waals surface area contributed by atoms with Crippen LogP contribution in [0.2, 0.25) is 5.02 Å². The molecular weight excluding hydrogens is 214 g/mol. The molecule has 0 aliphatic heterocycles. The number of benzene rings is 1. The minimum atomic E-state index is -0.954. The molecule has 1 aromatic carbocycles. The largest absolute Gasteiger partial charge is 0.384 e. The van der Waals surface area contributed by atoms with Gasteiger partial charge >= 0.3 is 0 Å². The number of carbonyl (C=O) groups is 1. The molecule has 1 unspecified atom stereocenters. The van der Waals surface area contributed by atoms with Crippen molar-refractivity contribution in [1.82, 2.24) is 5.32 Å². The lowest BCUT2D eigenvalue weighted by Gasteiger charge is -2.06. The molecule has 15 heavy (non-hydrogen) atoms. The second kappa shape index (κ2) is 5.73. The number of halogens is 1. The monoisotopic (exact) mass is 227 g/mol. The molecule has 0 bridgehead atoms. The topological polar surface area (TPSA) is 49.3 Å². The molecule has 0 radical (unpaired) electrons. The number of carbonyl (C=O) groups excluding carboxylic acids is 1. The zero-order valence-corrected chi connectivity index (χ0v) is 9.29. The Morgan fingerprint density at radius 1 is 1.60 bits per heavy atom. The molecule has 1 rings (SSSR count). The van der Waals surface area contributed by atoms with Gasteiger partial charge in [-0.2, -0.15) is 0 Å². The van der Waals surface area contributed by atoms with Gasteiger partial charge in [0.15, 0.2) is 0 Å². The van der Waals surface area contributed by atoms with Gasteiger partial charge in [-0.15, -0.1) is 0 Å². The van der Waals surface area contributed by atoms with Crippen molar-refractivity contribution in [3.8, 4) is 0 Å². The van der Waals surface area contributed by atoms with E-state index in [0.29, 0.717) is 18.0 Å². The van der Waals surface area contributed by atoms with Gasteiger partial charge in [-0.3, -0.25) is 4.79 Å². The van der Waals surface area contributed by atoms with E-state index in [4.69, 9.17) is 16.7 Å². The highest BCUT2D eigenvalue weighted by Crippen LogP contribution is 2.10. The first-order valence-corrected chi connectivity index (χ1v) is 5.17. The van der Waals surface area contributed by atoms with Crippen LogP contribution in [0.5, 0.6) is 0 Å². The Morgan fingerprint density at radius 2 is 2.33 bits per heavy atom. The zero-order valence-electron chi connectivity index (χ0n) is 8.53. The average molecular weight is 228 g/mol. The lowest BCUT2D eigenvalue weighted by Crippen LogP contribution is -2.33. The maximum Gasteiger partial charge on any atom is 0.248 e. The van der Waals surface area contributed by atoms with Gasteiger partial charge in [-0.1, -0.05) is 23.7 Å². The highest BCUT2D eigenvalue weighted by atomic mass is 35.5. The van der Waals surface area contributed by atoms with E-state index < -0.39 is 6.10 Å². The van der Waals surface area contributed by atoms with Crippen molar-refractivity contribution in [2.24, 2.45) is 0 Å². The standard InChI is InChI=1S/C11H14ClNO2/c1-8(14)11(15)13-6-5-9-3-2-4-10(12)7-9/h2-4,7-8,14H,5-6H2,1H3,(H,13,15). The van der Waals surface area contributed by atoms with Gasteiger partial charge in [0.1, 0.15) is 6.10 Å². The van der Waals surface area contributed by atoms with Crippen molar-refractivity contribution in [1.29, 1.82) is 0 Å². The summed E-state index contributed by atoms with van der Waals surface area (Å²) in [7, 11) is 0. The molecule has 2 N–H and O–H groups in total. The van der Waals surface area contributed by atoms with Gasteiger partial charge in [0.2, 0.25) is 5.91 Å². The minimum absolute atomic E-state index is 0.350.